The molecule has 2 aliphatic heterocycles. The molecule has 2 unspecified atom stereocenters. The van der Waals surface area contributed by atoms with Gasteiger partial charge in [-0.05, 0) is 42.6 Å². The molecule has 2 heterocycles. The Morgan fingerprint density at radius 1 is 1.42 bits per heavy atom. The average Bonchev–Trinajstić information content (AvgIpc) is 2.47. The first-order chi connectivity index (χ1) is 9.25. The van der Waals surface area contributed by atoms with E-state index < -0.39 is 0 Å². The Morgan fingerprint density at radius 2 is 2.26 bits per heavy atom. The van der Waals surface area contributed by atoms with Crippen molar-refractivity contribution < 1.29 is 0 Å². The molecule has 0 bridgehead atoms. The molecule has 0 aromatic heterocycles. The molecular formula is C16H24N2S. The average molecular weight is 276 g/mol. The number of hydrogen-bond acceptors (Lipinski definition) is 3. The van der Waals surface area contributed by atoms with Crippen LogP contribution in [0, 0.1) is 5.92 Å². The predicted octanol–water partition coefficient (Wildman–Crippen LogP) is 2.91. The minimum absolute atomic E-state index is 0.188. The van der Waals surface area contributed by atoms with Crippen LogP contribution in [0.4, 0.5) is 5.69 Å². The van der Waals surface area contributed by atoms with Gasteiger partial charge in [0.05, 0.1) is 5.54 Å². The zero-order valence-electron chi connectivity index (χ0n) is 11.8. The van der Waals surface area contributed by atoms with Gasteiger partial charge in [-0.1, -0.05) is 25.1 Å². The second kappa shape index (κ2) is 5.37. The van der Waals surface area contributed by atoms with E-state index in [4.69, 9.17) is 5.73 Å². The van der Waals surface area contributed by atoms with Crippen LogP contribution in [0.15, 0.2) is 24.3 Å². The van der Waals surface area contributed by atoms with Gasteiger partial charge in [0.2, 0.25) is 0 Å². The molecule has 2 nitrogen and oxygen atoms in total. The topological polar surface area (TPSA) is 29.3 Å². The Kier molecular flexibility index (Phi) is 3.77. The highest BCUT2D eigenvalue weighted by molar-refractivity contribution is 7.99. The summed E-state index contributed by atoms with van der Waals surface area (Å²) in [4.78, 5) is 2.64. The van der Waals surface area contributed by atoms with Crippen LogP contribution >= 0.6 is 11.8 Å². The first-order valence-corrected chi connectivity index (χ1v) is 8.54. The summed E-state index contributed by atoms with van der Waals surface area (Å²) in [5.74, 6) is 3.21. The Hall–Kier alpha value is -0.670. The van der Waals surface area contributed by atoms with Gasteiger partial charge in [0.25, 0.3) is 0 Å². The fraction of sp³-hybridized carbons (Fsp3) is 0.625. The number of thioether (sulfide) groups is 1. The van der Waals surface area contributed by atoms with Crippen molar-refractivity contribution in [2.75, 3.05) is 29.5 Å². The molecule has 2 aliphatic rings. The van der Waals surface area contributed by atoms with E-state index in [1.165, 1.54) is 42.0 Å². The van der Waals surface area contributed by atoms with Gasteiger partial charge in [-0.3, -0.25) is 0 Å². The number of nitrogens with two attached hydrogens (primary N) is 1. The number of para-hydroxylation sites is 1. The van der Waals surface area contributed by atoms with Crippen LogP contribution in [-0.4, -0.2) is 30.1 Å². The van der Waals surface area contributed by atoms with E-state index in [2.05, 4.69) is 47.9 Å². The number of hydrogen-bond donors (Lipinski definition) is 1. The van der Waals surface area contributed by atoms with Crippen LogP contribution in [0.2, 0.25) is 0 Å². The summed E-state index contributed by atoms with van der Waals surface area (Å²) in [6, 6.07) is 8.91. The molecule has 19 heavy (non-hydrogen) atoms. The van der Waals surface area contributed by atoms with Crippen LogP contribution < -0.4 is 10.6 Å². The molecule has 0 radical (unpaired) electrons. The first-order valence-electron chi connectivity index (χ1n) is 7.38. The van der Waals surface area contributed by atoms with Crippen molar-refractivity contribution in [2.45, 2.75) is 31.7 Å². The third-order valence-corrected chi connectivity index (χ3v) is 5.92. The monoisotopic (exact) mass is 276 g/mol. The number of anilines is 1. The molecule has 1 aromatic rings. The maximum absolute atomic E-state index is 6.22. The van der Waals surface area contributed by atoms with E-state index >= 15 is 0 Å². The van der Waals surface area contributed by atoms with Crippen molar-refractivity contribution in [3.8, 4) is 0 Å². The highest BCUT2D eigenvalue weighted by Gasteiger charge is 2.40. The molecule has 1 saturated heterocycles. The Bertz CT molecular complexity index is 440. The van der Waals surface area contributed by atoms with E-state index in [-0.39, 0.29) is 5.54 Å². The van der Waals surface area contributed by atoms with Gasteiger partial charge in [-0.15, -0.1) is 0 Å². The molecule has 2 atom stereocenters. The summed E-state index contributed by atoms with van der Waals surface area (Å²) in [6.45, 7) is 4.30. The lowest BCUT2D eigenvalue weighted by atomic mass is 9.86. The van der Waals surface area contributed by atoms with Gasteiger partial charge >= 0.3 is 0 Å². The minimum Gasteiger partial charge on any atom is -0.363 e. The Morgan fingerprint density at radius 3 is 3.00 bits per heavy atom. The van der Waals surface area contributed by atoms with Gasteiger partial charge < -0.3 is 10.6 Å². The number of fused-ring (bicyclic) bond motifs is 1. The molecule has 0 amide bonds. The van der Waals surface area contributed by atoms with Gasteiger partial charge in [0.1, 0.15) is 0 Å². The van der Waals surface area contributed by atoms with E-state index in [1.807, 2.05) is 0 Å². The lowest BCUT2D eigenvalue weighted by molar-refractivity contribution is 0.361. The van der Waals surface area contributed by atoms with Crippen molar-refractivity contribution in [2.24, 2.45) is 11.7 Å². The Labute approximate surface area is 120 Å². The van der Waals surface area contributed by atoms with Crippen molar-refractivity contribution in [1.82, 2.24) is 0 Å². The smallest absolute Gasteiger partial charge is 0.0614 e. The van der Waals surface area contributed by atoms with E-state index in [0.29, 0.717) is 0 Å². The molecule has 0 spiro atoms. The molecule has 1 fully saturated rings. The summed E-state index contributed by atoms with van der Waals surface area (Å²) in [5.41, 5.74) is 9.35. The fourth-order valence-electron chi connectivity index (χ4n) is 3.57. The highest BCUT2D eigenvalue weighted by atomic mass is 32.2. The molecule has 2 N–H and O–H groups in total. The van der Waals surface area contributed by atoms with E-state index in [9.17, 15) is 0 Å². The zero-order valence-corrected chi connectivity index (χ0v) is 12.6. The second-order valence-electron chi connectivity index (χ2n) is 6.13. The molecular weight excluding hydrogens is 252 g/mol. The number of benzene rings is 1. The third kappa shape index (κ3) is 2.38. The van der Waals surface area contributed by atoms with Crippen LogP contribution in [0.25, 0.3) is 0 Å². The Balaban J connectivity index is 1.99. The third-order valence-electron chi connectivity index (χ3n) is 4.60. The molecule has 0 aliphatic carbocycles. The normalized spacial score (nSPS) is 31.1. The second-order valence-corrected chi connectivity index (χ2v) is 7.24. The predicted molar refractivity (Wildman–Crippen MR) is 85.0 cm³/mol. The fourth-order valence-corrected chi connectivity index (χ4v) is 4.86. The first kappa shape index (κ1) is 13.3. The summed E-state index contributed by atoms with van der Waals surface area (Å²) in [6.07, 6.45) is 3.76. The van der Waals surface area contributed by atoms with Crippen LogP contribution in [0.5, 0.6) is 0 Å². The van der Waals surface area contributed by atoms with Crippen LogP contribution in [-0.2, 0) is 6.42 Å². The van der Waals surface area contributed by atoms with Crippen molar-refractivity contribution in [3.63, 3.8) is 0 Å². The lowest BCUT2D eigenvalue weighted by Gasteiger charge is -2.50. The molecule has 1 aromatic carbocycles. The minimum atomic E-state index is 0.188. The largest absolute Gasteiger partial charge is 0.363 e. The van der Waals surface area contributed by atoms with Crippen LogP contribution in [0.3, 0.4) is 0 Å². The summed E-state index contributed by atoms with van der Waals surface area (Å²) in [7, 11) is 0. The SMILES string of the molecule is CC1Cc2ccccc2N(C2(CN)CCCSC2)C1. The standard InChI is InChI=1S/C16H24N2S/c1-13-9-14-5-2-3-6-15(14)18(10-13)16(11-17)7-4-8-19-12-16/h2-3,5-6,13H,4,7-12,17H2,1H3. The summed E-state index contributed by atoms with van der Waals surface area (Å²) < 4.78 is 0. The zero-order chi connectivity index (χ0) is 13.3. The number of rotatable bonds is 2. The van der Waals surface area contributed by atoms with E-state index in [1.54, 1.807) is 0 Å². The van der Waals surface area contributed by atoms with Crippen molar-refractivity contribution >= 4 is 17.4 Å². The molecule has 104 valence electrons. The van der Waals surface area contributed by atoms with E-state index in [0.717, 1.165) is 19.0 Å². The van der Waals surface area contributed by atoms with Crippen LogP contribution in [0.1, 0.15) is 25.3 Å². The maximum Gasteiger partial charge on any atom is 0.0614 e. The van der Waals surface area contributed by atoms with Gasteiger partial charge in [-0.2, -0.15) is 11.8 Å². The van der Waals surface area contributed by atoms with Crippen molar-refractivity contribution in [1.29, 1.82) is 0 Å². The molecule has 3 heteroatoms. The highest BCUT2D eigenvalue weighted by Crippen LogP contribution is 2.39. The molecule has 3 rings (SSSR count). The van der Waals surface area contributed by atoms with Crippen molar-refractivity contribution in [3.05, 3.63) is 29.8 Å². The van der Waals surface area contributed by atoms with Gasteiger partial charge in [0, 0.05) is 24.5 Å². The number of nitrogens with zero attached hydrogens (tertiary/aromatic N) is 1. The summed E-state index contributed by atoms with van der Waals surface area (Å²) in [5, 5.41) is 0. The van der Waals surface area contributed by atoms with Gasteiger partial charge in [0.15, 0.2) is 0 Å². The van der Waals surface area contributed by atoms with Gasteiger partial charge in [-0.25, -0.2) is 0 Å². The quantitative estimate of drug-likeness (QED) is 0.900. The lowest BCUT2D eigenvalue weighted by Crippen LogP contribution is -2.60. The maximum atomic E-state index is 6.22. The molecule has 0 saturated carbocycles. The summed E-state index contributed by atoms with van der Waals surface area (Å²) >= 11 is 2.07.